The van der Waals surface area contributed by atoms with E-state index < -0.39 is 5.97 Å². The number of carbonyl (C=O) groups is 2. The van der Waals surface area contributed by atoms with Crippen LogP contribution in [0.1, 0.15) is 44.7 Å². The molecule has 0 bridgehead atoms. The van der Waals surface area contributed by atoms with Crippen LogP contribution >= 0.6 is 45.2 Å². The molecule has 1 fully saturated rings. The highest BCUT2D eigenvalue weighted by molar-refractivity contribution is 14.1. The molecule has 1 saturated carbocycles. The fourth-order valence-corrected chi connectivity index (χ4v) is 2.99. The van der Waals surface area contributed by atoms with E-state index in [9.17, 15) is 9.59 Å². The number of aromatic carboxylic acids is 1. The molecule has 1 aliphatic rings. The minimum Gasteiger partial charge on any atom is -0.478 e. The van der Waals surface area contributed by atoms with Crippen LogP contribution in [-0.2, 0) is 0 Å². The molecule has 132 valence electrons. The quantitative estimate of drug-likeness (QED) is 0.529. The van der Waals surface area contributed by atoms with Crippen molar-refractivity contribution in [3.8, 4) is 0 Å². The highest BCUT2D eigenvalue weighted by Crippen LogP contribution is 2.20. The fourth-order valence-electron chi connectivity index (χ4n) is 1.96. The normalized spacial score (nSPS) is 12.8. The van der Waals surface area contributed by atoms with Crippen molar-refractivity contribution in [2.24, 2.45) is 0 Å². The first-order valence-corrected chi connectivity index (χ1v) is 10.00. The molecule has 2 aromatic carbocycles. The largest absolute Gasteiger partial charge is 0.478 e. The first kappa shape index (κ1) is 20.2. The van der Waals surface area contributed by atoms with Gasteiger partial charge in [-0.2, -0.15) is 0 Å². The molecule has 0 radical (unpaired) electrons. The average molecular weight is 563 g/mol. The molecular formula is C19H19I2NO3. The zero-order chi connectivity index (χ0) is 18.6. The van der Waals surface area contributed by atoms with Gasteiger partial charge >= 0.3 is 5.97 Å². The molecule has 2 aromatic rings. The number of carbonyl (C=O) groups excluding carboxylic acids is 1. The minimum atomic E-state index is -0.872. The number of benzene rings is 2. The van der Waals surface area contributed by atoms with Gasteiger partial charge in [0.15, 0.2) is 0 Å². The lowest BCUT2D eigenvalue weighted by molar-refractivity contribution is 0.0696. The summed E-state index contributed by atoms with van der Waals surface area (Å²) >= 11 is 4.37. The number of amides is 1. The van der Waals surface area contributed by atoms with Crippen LogP contribution < -0.4 is 5.32 Å². The van der Waals surface area contributed by atoms with E-state index in [-0.39, 0.29) is 5.91 Å². The molecule has 3 rings (SSSR count). The first-order chi connectivity index (χ1) is 11.8. The summed E-state index contributed by atoms with van der Waals surface area (Å²) in [7, 11) is 0. The van der Waals surface area contributed by atoms with Crippen molar-refractivity contribution >= 4 is 57.1 Å². The van der Waals surface area contributed by atoms with E-state index in [0.29, 0.717) is 11.6 Å². The molecular weight excluding hydrogens is 544 g/mol. The van der Waals surface area contributed by atoms with Gasteiger partial charge in [0.1, 0.15) is 0 Å². The number of halogens is 2. The van der Waals surface area contributed by atoms with Gasteiger partial charge in [-0.15, -0.1) is 0 Å². The molecule has 4 nitrogen and oxygen atoms in total. The molecule has 6 heteroatoms. The first-order valence-electron chi connectivity index (χ1n) is 7.84. The molecule has 1 aliphatic carbocycles. The lowest BCUT2D eigenvalue weighted by atomic mass is 10.1. The number of hydrogen-bond donors (Lipinski definition) is 2. The van der Waals surface area contributed by atoms with Crippen LogP contribution in [0.3, 0.4) is 0 Å². The maximum atomic E-state index is 11.6. The third kappa shape index (κ3) is 6.25. The Morgan fingerprint density at radius 3 is 1.88 bits per heavy atom. The molecule has 25 heavy (non-hydrogen) atoms. The Hall–Kier alpha value is -1.16. The van der Waals surface area contributed by atoms with Crippen molar-refractivity contribution in [1.29, 1.82) is 0 Å². The molecule has 1 amide bonds. The smallest absolute Gasteiger partial charge is 0.335 e. The van der Waals surface area contributed by atoms with Crippen molar-refractivity contribution in [3.05, 3.63) is 65.8 Å². The van der Waals surface area contributed by atoms with E-state index in [1.54, 1.807) is 12.1 Å². The Kier molecular flexibility index (Phi) is 7.24. The van der Waals surface area contributed by atoms with Gasteiger partial charge in [-0.3, -0.25) is 4.79 Å². The van der Waals surface area contributed by atoms with E-state index in [1.165, 1.54) is 5.56 Å². The number of aryl methyl sites for hydroxylation is 2. The molecule has 0 aliphatic heterocycles. The molecule has 0 saturated heterocycles. The highest BCUT2D eigenvalue weighted by Gasteiger charge is 2.23. The van der Waals surface area contributed by atoms with E-state index >= 15 is 0 Å². The van der Waals surface area contributed by atoms with Crippen LogP contribution in [0.4, 0.5) is 0 Å². The van der Waals surface area contributed by atoms with Gasteiger partial charge in [-0.05, 0) is 107 Å². The maximum Gasteiger partial charge on any atom is 0.335 e. The van der Waals surface area contributed by atoms with Gasteiger partial charge < -0.3 is 10.4 Å². The van der Waals surface area contributed by atoms with Crippen LogP contribution in [0, 0.1) is 21.0 Å². The van der Waals surface area contributed by atoms with Gasteiger partial charge in [0, 0.05) is 18.7 Å². The number of hydrogen-bond acceptors (Lipinski definition) is 2. The van der Waals surface area contributed by atoms with Gasteiger partial charge in [0.25, 0.3) is 5.91 Å². The summed E-state index contributed by atoms with van der Waals surface area (Å²) in [6, 6.07) is 11.3. The van der Waals surface area contributed by atoms with Gasteiger partial charge in [-0.25, -0.2) is 4.79 Å². The number of carboxylic acids is 1. The van der Waals surface area contributed by atoms with Crippen molar-refractivity contribution in [2.45, 2.75) is 32.7 Å². The van der Waals surface area contributed by atoms with E-state index in [4.69, 9.17) is 5.11 Å². The fraction of sp³-hybridized carbons (Fsp3) is 0.263. The summed E-state index contributed by atoms with van der Waals surface area (Å²) in [6.45, 7) is 4.00. The number of nitrogens with one attached hydrogen (secondary N) is 1. The van der Waals surface area contributed by atoms with E-state index in [0.717, 1.165) is 31.1 Å². The van der Waals surface area contributed by atoms with Crippen molar-refractivity contribution in [3.63, 3.8) is 0 Å². The summed E-state index contributed by atoms with van der Waals surface area (Å²) in [5, 5.41) is 11.6. The lowest BCUT2D eigenvalue weighted by Gasteiger charge is -2.04. The number of rotatable bonds is 3. The molecule has 2 N–H and O–H groups in total. The van der Waals surface area contributed by atoms with Crippen LogP contribution in [-0.4, -0.2) is 23.0 Å². The maximum absolute atomic E-state index is 11.6. The third-order valence-electron chi connectivity index (χ3n) is 3.77. The lowest BCUT2D eigenvalue weighted by Crippen LogP contribution is -2.25. The molecule has 0 aromatic heterocycles. The summed E-state index contributed by atoms with van der Waals surface area (Å²) in [6.07, 6.45) is 2.27. The van der Waals surface area contributed by atoms with Crippen molar-refractivity contribution in [1.82, 2.24) is 5.32 Å². The topological polar surface area (TPSA) is 66.4 Å². The molecule has 0 unspecified atom stereocenters. The SMILES string of the molecule is Cc1ccc(C(=O)NC2CC2)cc1I.Cc1ccc(C(=O)O)cc1I. The van der Waals surface area contributed by atoms with E-state index in [2.05, 4.69) is 50.5 Å². The summed E-state index contributed by atoms with van der Waals surface area (Å²) < 4.78 is 2.13. The average Bonchev–Trinajstić information content (AvgIpc) is 3.37. The van der Waals surface area contributed by atoms with Crippen LogP contribution in [0.2, 0.25) is 0 Å². The molecule has 0 heterocycles. The standard InChI is InChI=1S/C11H12INO.C8H7IO2/c1-7-2-3-8(6-10(7)12)11(14)13-9-4-5-9;1-5-2-3-6(8(10)11)4-7(5)9/h2-3,6,9H,4-5H2,1H3,(H,13,14);2-4H,1H3,(H,10,11). The Bertz CT molecular complexity index is 801. The predicted molar refractivity (Wildman–Crippen MR) is 115 cm³/mol. The van der Waals surface area contributed by atoms with E-state index in [1.807, 2.05) is 38.1 Å². The summed E-state index contributed by atoms with van der Waals surface area (Å²) in [4.78, 5) is 22.1. The Morgan fingerprint density at radius 2 is 1.44 bits per heavy atom. The number of carboxylic acid groups (broad SMARTS) is 1. The van der Waals surface area contributed by atoms with Gasteiger partial charge in [0.2, 0.25) is 0 Å². The highest BCUT2D eigenvalue weighted by atomic mass is 127. The Labute approximate surface area is 174 Å². The summed E-state index contributed by atoms with van der Waals surface area (Å²) in [5.74, 6) is -0.812. The minimum absolute atomic E-state index is 0.0606. The van der Waals surface area contributed by atoms with Crippen molar-refractivity contribution in [2.75, 3.05) is 0 Å². The second-order valence-electron chi connectivity index (χ2n) is 5.98. The van der Waals surface area contributed by atoms with Crippen LogP contribution in [0.15, 0.2) is 36.4 Å². The summed E-state index contributed by atoms with van der Waals surface area (Å²) in [5.41, 5.74) is 3.44. The van der Waals surface area contributed by atoms with Crippen molar-refractivity contribution < 1.29 is 14.7 Å². The Balaban J connectivity index is 0.000000186. The zero-order valence-corrected chi connectivity index (χ0v) is 18.3. The molecule has 0 atom stereocenters. The van der Waals surface area contributed by atoms with Crippen LogP contribution in [0.25, 0.3) is 0 Å². The monoisotopic (exact) mass is 563 g/mol. The second-order valence-corrected chi connectivity index (χ2v) is 8.31. The van der Waals surface area contributed by atoms with Gasteiger partial charge in [0.05, 0.1) is 5.56 Å². The van der Waals surface area contributed by atoms with Gasteiger partial charge in [-0.1, -0.05) is 12.1 Å². The zero-order valence-electron chi connectivity index (χ0n) is 14.0. The molecule has 0 spiro atoms. The Morgan fingerprint density at radius 1 is 0.960 bits per heavy atom. The predicted octanol–water partition coefficient (Wildman–Crippen LogP) is 4.79. The van der Waals surface area contributed by atoms with Crippen LogP contribution in [0.5, 0.6) is 0 Å². The second kappa shape index (κ2) is 8.98. The third-order valence-corrected chi connectivity index (χ3v) is 6.09.